The van der Waals surface area contributed by atoms with Crippen LogP contribution in [-0.4, -0.2) is 37.6 Å². The average molecular weight is 382 g/mol. The maximum atomic E-state index is 5.76. The number of aliphatic imine (C=N–C) groups is 1. The first-order chi connectivity index (χ1) is 10.2. The number of nitrogens with two attached hydrogens (primary N) is 2. The van der Waals surface area contributed by atoms with Gasteiger partial charge in [-0.3, -0.25) is 4.99 Å². The number of furan rings is 1. The van der Waals surface area contributed by atoms with Gasteiger partial charge < -0.3 is 25.9 Å². The van der Waals surface area contributed by atoms with Crippen LogP contribution in [0, 0.1) is 0 Å². The van der Waals surface area contributed by atoms with Crippen molar-refractivity contribution in [1.82, 2.24) is 4.98 Å². The van der Waals surface area contributed by atoms with E-state index in [1.807, 2.05) is 17.5 Å². The zero-order valence-electron chi connectivity index (χ0n) is 12.6. The van der Waals surface area contributed by atoms with Crippen molar-refractivity contribution >= 4 is 47.6 Å². The SMILES string of the molecule is COCC(N)CN=CNc1nc(-c2ccc(CN)o2)cs1.Cl.Cl. The van der Waals surface area contributed by atoms with E-state index in [2.05, 4.69) is 15.3 Å². The quantitative estimate of drug-likeness (QED) is 0.476. The minimum absolute atomic E-state index is 0. The predicted molar refractivity (Wildman–Crippen MR) is 99.0 cm³/mol. The number of aromatic nitrogens is 1. The van der Waals surface area contributed by atoms with Crippen LogP contribution in [0.2, 0.25) is 0 Å². The molecule has 1 atom stereocenters. The highest BCUT2D eigenvalue weighted by molar-refractivity contribution is 7.14. The van der Waals surface area contributed by atoms with Crippen molar-refractivity contribution in [1.29, 1.82) is 0 Å². The van der Waals surface area contributed by atoms with Crippen molar-refractivity contribution in [2.24, 2.45) is 16.5 Å². The molecule has 0 bridgehead atoms. The Labute approximate surface area is 151 Å². The Morgan fingerprint density at radius 2 is 2.26 bits per heavy atom. The molecule has 5 N–H and O–H groups in total. The van der Waals surface area contributed by atoms with Gasteiger partial charge in [-0.1, -0.05) is 0 Å². The Bertz CT molecular complexity index is 590. The molecule has 0 aromatic carbocycles. The fraction of sp³-hybridized carbons (Fsp3) is 0.385. The summed E-state index contributed by atoms with van der Waals surface area (Å²) in [6.07, 6.45) is 1.59. The number of nitrogens with one attached hydrogen (secondary N) is 1. The maximum Gasteiger partial charge on any atom is 0.188 e. The molecule has 0 aliphatic heterocycles. The highest BCUT2D eigenvalue weighted by atomic mass is 35.5. The summed E-state index contributed by atoms with van der Waals surface area (Å²) in [5.41, 5.74) is 12.0. The number of halogens is 2. The summed E-state index contributed by atoms with van der Waals surface area (Å²) in [5, 5.41) is 5.65. The predicted octanol–water partition coefficient (Wildman–Crippen LogP) is 2.12. The molecule has 0 amide bonds. The third-order valence-corrected chi connectivity index (χ3v) is 3.39. The van der Waals surface area contributed by atoms with E-state index in [9.17, 15) is 0 Å². The molecule has 0 aliphatic carbocycles. The van der Waals surface area contributed by atoms with E-state index in [-0.39, 0.29) is 30.9 Å². The molecule has 2 heterocycles. The largest absolute Gasteiger partial charge is 0.458 e. The van der Waals surface area contributed by atoms with Crippen LogP contribution in [0.15, 0.2) is 26.9 Å². The van der Waals surface area contributed by atoms with Gasteiger partial charge in [-0.15, -0.1) is 36.2 Å². The van der Waals surface area contributed by atoms with E-state index in [4.69, 9.17) is 20.6 Å². The Balaban J connectivity index is 0.00000242. The zero-order valence-corrected chi connectivity index (χ0v) is 15.0. The van der Waals surface area contributed by atoms with Gasteiger partial charge in [0.25, 0.3) is 0 Å². The molecule has 0 saturated heterocycles. The van der Waals surface area contributed by atoms with Crippen molar-refractivity contribution < 1.29 is 9.15 Å². The molecule has 23 heavy (non-hydrogen) atoms. The summed E-state index contributed by atoms with van der Waals surface area (Å²) >= 11 is 1.47. The highest BCUT2D eigenvalue weighted by Gasteiger charge is 2.08. The Hall–Kier alpha value is -1.16. The summed E-state index contributed by atoms with van der Waals surface area (Å²) in [6.45, 7) is 1.36. The molecule has 2 aromatic rings. The van der Waals surface area contributed by atoms with Crippen LogP contribution in [0.3, 0.4) is 0 Å². The monoisotopic (exact) mass is 381 g/mol. The molecule has 10 heteroatoms. The standard InChI is InChI=1S/C13H19N5O2S.2ClH/c1-19-6-9(15)5-16-8-17-13-18-11(7-21-13)12-3-2-10(4-14)20-12;;/h2-3,7-9H,4-6,14-15H2,1H3,(H,16,17,18);2*1H. The number of hydrogen-bond acceptors (Lipinski definition) is 7. The summed E-state index contributed by atoms with van der Waals surface area (Å²) in [6, 6.07) is 3.61. The summed E-state index contributed by atoms with van der Waals surface area (Å²) in [5.74, 6) is 1.44. The molecule has 130 valence electrons. The second-order valence-electron chi connectivity index (χ2n) is 4.36. The number of hydrogen-bond donors (Lipinski definition) is 3. The average Bonchev–Trinajstić information content (AvgIpc) is 3.12. The van der Waals surface area contributed by atoms with Crippen LogP contribution in [0.25, 0.3) is 11.5 Å². The molecule has 0 aliphatic rings. The fourth-order valence-corrected chi connectivity index (χ4v) is 2.30. The second-order valence-corrected chi connectivity index (χ2v) is 5.22. The lowest BCUT2D eigenvalue weighted by atomic mass is 10.3. The number of methoxy groups -OCH3 is 1. The van der Waals surface area contributed by atoms with Crippen molar-refractivity contribution in [2.75, 3.05) is 25.6 Å². The van der Waals surface area contributed by atoms with Gasteiger partial charge in [-0.2, -0.15) is 0 Å². The third-order valence-electron chi connectivity index (χ3n) is 2.62. The molecule has 0 saturated carbocycles. The van der Waals surface area contributed by atoms with Gasteiger partial charge in [-0.05, 0) is 12.1 Å². The van der Waals surface area contributed by atoms with Crippen molar-refractivity contribution in [3.05, 3.63) is 23.3 Å². The van der Waals surface area contributed by atoms with Crippen LogP contribution >= 0.6 is 36.2 Å². The minimum atomic E-state index is -0.0993. The van der Waals surface area contributed by atoms with E-state index < -0.39 is 0 Å². The third kappa shape index (κ3) is 6.86. The van der Waals surface area contributed by atoms with Crippen LogP contribution < -0.4 is 16.8 Å². The van der Waals surface area contributed by atoms with E-state index in [0.29, 0.717) is 25.5 Å². The van der Waals surface area contributed by atoms with E-state index in [1.54, 1.807) is 13.4 Å². The van der Waals surface area contributed by atoms with Gasteiger partial charge >= 0.3 is 0 Å². The molecule has 0 radical (unpaired) electrons. The fourth-order valence-electron chi connectivity index (χ4n) is 1.63. The van der Waals surface area contributed by atoms with Gasteiger partial charge in [0.05, 0.1) is 26.0 Å². The molecular weight excluding hydrogens is 361 g/mol. The molecule has 1 unspecified atom stereocenters. The van der Waals surface area contributed by atoms with Gasteiger partial charge in [0, 0.05) is 18.5 Å². The molecular formula is C13H21Cl2N5O2S. The van der Waals surface area contributed by atoms with Crippen molar-refractivity contribution in [3.8, 4) is 11.5 Å². The lowest BCUT2D eigenvalue weighted by Gasteiger charge is -2.05. The first-order valence-corrected chi connectivity index (χ1v) is 7.35. The number of thiazole rings is 1. The molecule has 7 nitrogen and oxygen atoms in total. The number of rotatable bonds is 8. The van der Waals surface area contributed by atoms with Crippen molar-refractivity contribution in [2.45, 2.75) is 12.6 Å². The smallest absolute Gasteiger partial charge is 0.188 e. The number of ether oxygens (including phenoxy) is 1. The number of anilines is 1. The van der Waals surface area contributed by atoms with E-state index in [0.717, 1.165) is 16.6 Å². The highest BCUT2D eigenvalue weighted by Crippen LogP contribution is 2.26. The molecule has 0 spiro atoms. The van der Waals surface area contributed by atoms with Crippen LogP contribution in [0.1, 0.15) is 5.76 Å². The van der Waals surface area contributed by atoms with Crippen molar-refractivity contribution in [3.63, 3.8) is 0 Å². The second kappa shape index (κ2) is 11.4. The van der Waals surface area contributed by atoms with E-state index >= 15 is 0 Å². The van der Waals surface area contributed by atoms with Gasteiger partial charge in [0.1, 0.15) is 11.5 Å². The van der Waals surface area contributed by atoms with Crippen LogP contribution in [0.4, 0.5) is 5.13 Å². The lowest BCUT2D eigenvalue weighted by Crippen LogP contribution is -2.28. The van der Waals surface area contributed by atoms with Crippen LogP contribution in [0.5, 0.6) is 0 Å². The Kier molecular flexibility index (Phi) is 10.8. The Morgan fingerprint density at radius 1 is 1.48 bits per heavy atom. The summed E-state index contributed by atoms with van der Waals surface area (Å²) in [4.78, 5) is 8.58. The van der Waals surface area contributed by atoms with Gasteiger partial charge in [0.2, 0.25) is 0 Å². The molecule has 0 fully saturated rings. The summed E-state index contributed by atoms with van der Waals surface area (Å²) < 4.78 is 10.5. The first-order valence-electron chi connectivity index (χ1n) is 6.47. The zero-order chi connectivity index (χ0) is 15.1. The number of nitrogens with zero attached hydrogens (tertiary/aromatic N) is 2. The molecule has 2 rings (SSSR count). The first kappa shape index (κ1) is 21.8. The van der Waals surface area contributed by atoms with Crippen LogP contribution in [-0.2, 0) is 11.3 Å². The lowest BCUT2D eigenvalue weighted by molar-refractivity contribution is 0.182. The Morgan fingerprint density at radius 3 is 2.91 bits per heavy atom. The summed E-state index contributed by atoms with van der Waals surface area (Å²) in [7, 11) is 1.61. The normalized spacial score (nSPS) is 11.8. The minimum Gasteiger partial charge on any atom is -0.458 e. The van der Waals surface area contributed by atoms with Gasteiger partial charge in [-0.25, -0.2) is 4.98 Å². The molecule has 2 aromatic heterocycles. The maximum absolute atomic E-state index is 5.76. The van der Waals surface area contributed by atoms with E-state index in [1.165, 1.54) is 11.3 Å². The van der Waals surface area contributed by atoms with Gasteiger partial charge in [0.15, 0.2) is 10.9 Å². The topological polar surface area (TPSA) is 112 Å².